The Hall–Kier alpha value is -3.60. The Morgan fingerprint density at radius 1 is 0.906 bits per heavy atom. The maximum absolute atomic E-state index is 13.6. The molecule has 1 amide bonds. The number of nitrogens with zero attached hydrogens (tertiary/aromatic N) is 2. The van der Waals surface area contributed by atoms with Gasteiger partial charge in [-0.25, -0.2) is 13.8 Å². The molecule has 1 aliphatic carbocycles. The highest BCUT2D eigenvalue weighted by Crippen LogP contribution is 2.44. The molecule has 2 unspecified atom stereocenters. The quantitative estimate of drug-likeness (QED) is 0.475. The molecule has 160 valence electrons. The van der Waals surface area contributed by atoms with Crippen molar-refractivity contribution < 1.29 is 13.6 Å². The first kappa shape index (κ1) is 20.3. The van der Waals surface area contributed by atoms with Crippen molar-refractivity contribution in [2.24, 2.45) is 11.0 Å². The number of amides is 1. The molecule has 0 radical (unpaired) electrons. The maximum Gasteiger partial charge on any atom is 0.274 e. The highest BCUT2D eigenvalue weighted by atomic mass is 19.1. The molecule has 1 saturated carbocycles. The molecule has 3 nitrogen and oxygen atoms in total. The lowest BCUT2D eigenvalue weighted by Crippen LogP contribution is -2.31. The fraction of sp³-hybridized carbons (Fsp3) is 0.185. The monoisotopic (exact) mass is 428 g/mol. The predicted molar refractivity (Wildman–Crippen MR) is 121 cm³/mol. The van der Waals surface area contributed by atoms with Gasteiger partial charge >= 0.3 is 0 Å². The van der Waals surface area contributed by atoms with Crippen LogP contribution in [0.15, 0.2) is 89.5 Å². The van der Waals surface area contributed by atoms with E-state index in [2.05, 4.69) is 0 Å². The van der Waals surface area contributed by atoms with Gasteiger partial charge in [-0.15, -0.1) is 0 Å². The first-order valence-electron chi connectivity index (χ1n) is 10.8. The Kier molecular flexibility index (Phi) is 5.39. The van der Waals surface area contributed by atoms with Crippen LogP contribution in [0.5, 0.6) is 0 Å². The molecule has 5 heteroatoms. The molecule has 0 spiro atoms. The Morgan fingerprint density at radius 2 is 1.56 bits per heavy atom. The standard InChI is InChI=1S/C27H22F2N2O/c28-22-13-9-18(10-14-22)17-21-7-4-8-24-25(21)30-31(27(32)20-5-2-1-3-6-20)26(24)19-11-15-23(29)16-12-19/h1-3,5-6,9-17,24,26H,4,7-8H2. The summed E-state index contributed by atoms with van der Waals surface area (Å²) in [5.74, 6) is -0.742. The van der Waals surface area contributed by atoms with E-state index in [1.807, 2.05) is 24.3 Å². The predicted octanol–water partition coefficient (Wildman–Crippen LogP) is 6.40. The van der Waals surface area contributed by atoms with E-state index in [9.17, 15) is 13.6 Å². The van der Waals surface area contributed by atoms with Crippen molar-refractivity contribution in [2.45, 2.75) is 25.3 Å². The van der Waals surface area contributed by atoms with Gasteiger partial charge in [-0.3, -0.25) is 4.79 Å². The maximum atomic E-state index is 13.6. The van der Waals surface area contributed by atoms with E-state index in [0.717, 1.165) is 41.7 Å². The summed E-state index contributed by atoms with van der Waals surface area (Å²) in [7, 11) is 0. The van der Waals surface area contributed by atoms with Crippen LogP contribution in [0.25, 0.3) is 6.08 Å². The van der Waals surface area contributed by atoms with Crippen molar-refractivity contribution in [3.63, 3.8) is 0 Å². The van der Waals surface area contributed by atoms with Gasteiger partial charge < -0.3 is 0 Å². The van der Waals surface area contributed by atoms with E-state index in [1.165, 1.54) is 24.3 Å². The minimum absolute atomic E-state index is 0.0218. The van der Waals surface area contributed by atoms with Gasteiger partial charge in [-0.05, 0) is 78.4 Å². The second-order valence-electron chi connectivity index (χ2n) is 8.22. The highest BCUT2D eigenvalue weighted by Gasteiger charge is 2.43. The van der Waals surface area contributed by atoms with Gasteiger partial charge in [0.2, 0.25) is 0 Å². The second kappa shape index (κ2) is 8.50. The summed E-state index contributed by atoms with van der Waals surface area (Å²) in [4.78, 5) is 13.4. The Bertz CT molecular complexity index is 1180. The zero-order valence-electron chi connectivity index (χ0n) is 17.4. The molecule has 0 saturated heterocycles. The molecule has 0 bridgehead atoms. The average Bonchev–Trinajstić information content (AvgIpc) is 3.22. The van der Waals surface area contributed by atoms with Crippen LogP contribution in [0.1, 0.15) is 46.8 Å². The van der Waals surface area contributed by atoms with Gasteiger partial charge in [0.25, 0.3) is 5.91 Å². The summed E-state index contributed by atoms with van der Waals surface area (Å²) in [5.41, 5.74) is 4.27. The SMILES string of the molecule is O=C(c1ccccc1)N1N=C2C(=Cc3ccc(F)cc3)CCCC2C1c1ccc(F)cc1. The van der Waals surface area contributed by atoms with Gasteiger partial charge in [0, 0.05) is 11.5 Å². The van der Waals surface area contributed by atoms with Crippen LogP contribution in [0.3, 0.4) is 0 Å². The minimum Gasteiger partial charge on any atom is -0.267 e. The van der Waals surface area contributed by atoms with Crippen molar-refractivity contribution >= 4 is 17.7 Å². The molecule has 1 aliphatic heterocycles. The normalized spacial score (nSPS) is 21.4. The van der Waals surface area contributed by atoms with Crippen molar-refractivity contribution in [2.75, 3.05) is 0 Å². The van der Waals surface area contributed by atoms with E-state index >= 15 is 0 Å². The zero-order chi connectivity index (χ0) is 22.1. The molecule has 3 aromatic rings. The first-order chi connectivity index (χ1) is 15.6. The van der Waals surface area contributed by atoms with Gasteiger partial charge in [0.15, 0.2) is 0 Å². The Morgan fingerprint density at radius 3 is 2.25 bits per heavy atom. The number of carbonyl (C=O) groups is 1. The molecule has 2 atom stereocenters. The smallest absolute Gasteiger partial charge is 0.267 e. The fourth-order valence-electron chi connectivity index (χ4n) is 4.63. The molecule has 1 heterocycles. The Labute approximate surface area is 185 Å². The zero-order valence-corrected chi connectivity index (χ0v) is 17.4. The van der Waals surface area contributed by atoms with E-state index in [1.54, 1.807) is 41.4 Å². The van der Waals surface area contributed by atoms with Crippen LogP contribution in [-0.4, -0.2) is 16.6 Å². The topological polar surface area (TPSA) is 32.7 Å². The molecule has 5 rings (SSSR count). The van der Waals surface area contributed by atoms with Crippen LogP contribution in [-0.2, 0) is 0 Å². The largest absolute Gasteiger partial charge is 0.274 e. The summed E-state index contributed by atoms with van der Waals surface area (Å²) in [5, 5.41) is 6.39. The van der Waals surface area contributed by atoms with E-state index in [4.69, 9.17) is 5.10 Å². The van der Waals surface area contributed by atoms with Crippen molar-refractivity contribution in [3.8, 4) is 0 Å². The molecule has 32 heavy (non-hydrogen) atoms. The number of fused-ring (bicyclic) bond motifs is 1. The van der Waals surface area contributed by atoms with Crippen LogP contribution in [0.2, 0.25) is 0 Å². The molecule has 3 aromatic carbocycles. The van der Waals surface area contributed by atoms with Crippen LogP contribution >= 0.6 is 0 Å². The molecule has 1 fully saturated rings. The van der Waals surface area contributed by atoms with Crippen molar-refractivity contribution in [1.29, 1.82) is 0 Å². The van der Waals surface area contributed by atoms with Crippen molar-refractivity contribution in [1.82, 2.24) is 5.01 Å². The summed E-state index contributed by atoms with van der Waals surface area (Å²) in [6, 6.07) is 21.5. The third-order valence-electron chi connectivity index (χ3n) is 6.15. The molecule has 0 aromatic heterocycles. The summed E-state index contributed by atoms with van der Waals surface area (Å²) < 4.78 is 26.9. The third kappa shape index (κ3) is 3.86. The number of hydrogen-bond acceptors (Lipinski definition) is 2. The number of hydrazone groups is 1. The minimum atomic E-state index is -0.311. The van der Waals surface area contributed by atoms with Crippen LogP contribution < -0.4 is 0 Å². The van der Waals surface area contributed by atoms with Gasteiger partial charge in [-0.2, -0.15) is 5.10 Å². The highest BCUT2D eigenvalue weighted by molar-refractivity contribution is 6.09. The lowest BCUT2D eigenvalue weighted by atomic mass is 9.77. The number of hydrogen-bond donors (Lipinski definition) is 0. The summed E-state index contributed by atoms with van der Waals surface area (Å²) in [6.45, 7) is 0. The van der Waals surface area contributed by atoms with Gasteiger partial charge in [-0.1, -0.05) is 42.5 Å². The van der Waals surface area contributed by atoms with E-state index in [-0.39, 0.29) is 29.5 Å². The number of carbonyl (C=O) groups excluding carboxylic acids is 1. The van der Waals surface area contributed by atoms with Crippen LogP contribution in [0.4, 0.5) is 8.78 Å². The van der Waals surface area contributed by atoms with Crippen LogP contribution in [0, 0.1) is 17.6 Å². The number of rotatable bonds is 3. The molecule has 2 aliphatic rings. The molecule has 0 N–H and O–H groups in total. The number of halogens is 2. The summed E-state index contributed by atoms with van der Waals surface area (Å²) in [6.07, 6.45) is 4.72. The first-order valence-corrected chi connectivity index (χ1v) is 10.8. The number of allylic oxidation sites excluding steroid dienone is 1. The summed E-state index contributed by atoms with van der Waals surface area (Å²) >= 11 is 0. The van der Waals surface area contributed by atoms with E-state index < -0.39 is 0 Å². The lowest BCUT2D eigenvalue weighted by molar-refractivity contribution is 0.0681. The lowest BCUT2D eigenvalue weighted by Gasteiger charge is -2.29. The average molecular weight is 428 g/mol. The molecular weight excluding hydrogens is 406 g/mol. The van der Waals surface area contributed by atoms with Gasteiger partial charge in [0.1, 0.15) is 11.6 Å². The fourth-order valence-corrected chi connectivity index (χ4v) is 4.63. The van der Waals surface area contributed by atoms with Crippen molar-refractivity contribution in [3.05, 3.63) is 113 Å². The van der Waals surface area contributed by atoms with E-state index in [0.29, 0.717) is 5.56 Å². The third-order valence-corrected chi connectivity index (χ3v) is 6.15. The molecular formula is C27H22F2N2O. The second-order valence-corrected chi connectivity index (χ2v) is 8.22. The Balaban J connectivity index is 1.57. The van der Waals surface area contributed by atoms with Gasteiger partial charge in [0.05, 0.1) is 11.8 Å². The number of benzene rings is 3.